The van der Waals surface area contributed by atoms with Crippen LogP contribution >= 0.6 is 0 Å². The van der Waals surface area contributed by atoms with Crippen LogP contribution in [0, 0.1) is 0 Å². The van der Waals surface area contributed by atoms with Crippen molar-refractivity contribution in [1.29, 1.82) is 0 Å². The zero-order valence-corrected chi connectivity index (χ0v) is 6.43. The molecule has 0 spiro atoms. The van der Waals surface area contributed by atoms with Crippen molar-refractivity contribution in [2.75, 3.05) is 0 Å². The molecule has 0 aromatic heterocycles. The van der Waals surface area contributed by atoms with Gasteiger partial charge in [-0.05, 0) is 12.1 Å². The van der Waals surface area contributed by atoms with Gasteiger partial charge in [-0.3, -0.25) is 0 Å². The Bertz CT molecular complexity index is 154. The molecule has 1 aromatic carbocycles. The number of hydrogen-bond donors (Lipinski definition) is 1. The molecule has 0 saturated heterocycles. The Morgan fingerprint density at radius 3 is 2.00 bits per heavy atom. The molecule has 0 bridgehead atoms. The average Bonchev–Trinajstić information content (AvgIpc) is 1.90. The van der Waals surface area contributed by atoms with Gasteiger partial charge in [-0.25, -0.2) is 0 Å². The largest absolute Gasteiger partial charge is 0.412 e. The van der Waals surface area contributed by atoms with Gasteiger partial charge in [0.05, 0.1) is 0 Å². The minimum atomic E-state index is 0. The van der Waals surface area contributed by atoms with Crippen LogP contribution in [0.3, 0.4) is 0 Å². The first-order valence-electron chi connectivity index (χ1n) is 2.35. The van der Waals surface area contributed by atoms with E-state index < -0.39 is 0 Å². The summed E-state index contributed by atoms with van der Waals surface area (Å²) in [7, 11) is 0. The van der Waals surface area contributed by atoms with Crippen LogP contribution in [-0.4, -0.2) is 0 Å². The zero-order valence-electron chi connectivity index (χ0n) is 4.87. The second-order valence-corrected chi connectivity index (χ2v) is 1.43. The molecular weight excluding hydrogens is 150 g/mol. The standard InChI is InChI=1S/C6H7NO.Ti/c7-8-6-4-2-1-3-5-6;/h1-5H,7H2;. The van der Waals surface area contributed by atoms with E-state index in [1.54, 1.807) is 12.1 Å². The van der Waals surface area contributed by atoms with Gasteiger partial charge in [0, 0.05) is 21.7 Å². The Morgan fingerprint density at radius 1 is 1.11 bits per heavy atom. The molecule has 0 aliphatic rings. The molecule has 9 heavy (non-hydrogen) atoms. The SMILES string of the molecule is NOc1ccccc1.[Ti]. The van der Waals surface area contributed by atoms with E-state index in [0.717, 1.165) is 0 Å². The van der Waals surface area contributed by atoms with E-state index in [-0.39, 0.29) is 21.7 Å². The van der Waals surface area contributed by atoms with Gasteiger partial charge < -0.3 is 4.84 Å². The fraction of sp³-hybridized carbons (Fsp3) is 0. The van der Waals surface area contributed by atoms with Crippen LogP contribution in [0.5, 0.6) is 5.75 Å². The molecule has 0 atom stereocenters. The van der Waals surface area contributed by atoms with Gasteiger partial charge in [0.2, 0.25) is 0 Å². The third-order valence-corrected chi connectivity index (χ3v) is 0.879. The van der Waals surface area contributed by atoms with Crippen molar-refractivity contribution in [3.05, 3.63) is 30.3 Å². The fourth-order valence-corrected chi connectivity index (χ4v) is 0.499. The summed E-state index contributed by atoms with van der Waals surface area (Å²) in [5.74, 6) is 5.54. The van der Waals surface area contributed by atoms with Crippen molar-refractivity contribution in [3.8, 4) is 5.75 Å². The Labute approximate surface area is 68.8 Å². The zero-order chi connectivity index (χ0) is 5.82. The second kappa shape index (κ2) is 4.56. The summed E-state index contributed by atoms with van der Waals surface area (Å²) >= 11 is 0. The number of para-hydroxylation sites is 1. The normalized spacial score (nSPS) is 7.67. The van der Waals surface area contributed by atoms with Crippen LogP contribution in [-0.2, 0) is 21.7 Å². The molecule has 1 aromatic rings. The second-order valence-electron chi connectivity index (χ2n) is 1.43. The first-order chi connectivity index (χ1) is 3.93. The minimum absolute atomic E-state index is 0. The van der Waals surface area contributed by atoms with Crippen LogP contribution in [0.1, 0.15) is 0 Å². The quantitative estimate of drug-likeness (QED) is 0.486. The van der Waals surface area contributed by atoms with Gasteiger partial charge in [0.15, 0.2) is 0 Å². The van der Waals surface area contributed by atoms with Gasteiger partial charge in [0.1, 0.15) is 5.75 Å². The molecule has 1 rings (SSSR count). The summed E-state index contributed by atoms with van der Waals surface area (Å²) in [5, 5.41) is 0. The molecule has 0 fully saturated rings. The Morgan fingerprint density at radius 2 is 1.67 bits per heavy atom. The van der Waals surface area contributed by atoms with Crippen molar-refractivity contribution in [1.82, 2.24) is 0 Å². The van der Waals surface area contributed by atoms with Crippen molar-refractivity contribution in [2.45, 2.75) is 0 Å². The molecule has 0 saturated carbocycles. The van der Waals surface area contributed by atoms with Crippen LogP contribution in [0.4, 0.5) is 0 Å². The Balaban J connectivity index is 0.000000640. The number of benzene rings is 1. The van der Waals surface area contributed by atoms with Crippen molar-refractivity contribution < 1.29 is 26.6 Å². The molecule has 0 aliphatic carbocycles. The fourth-order valence-electron chi connectivity index (χ4n) is 0.499. The first kappa shape index (κ1) is 8.69. The van der Waals surface area contributed by atoms with E-state index in [9.17, 15) is 0 Å². The van der Waals surface area contributed by atoms with E-state index in [1.807, 2.05) is 18.2 Å². The van der Waals surface area contributed by atoms with Gasteiger partial charge in [-0.2, -0.15) is 5.90 Å². The van der Waals surface area contributed by atoms with Crippen molar-refractivity contribution in [2.24, 2.45) is 5.90 Å². The van der Waals surface area contributed by atoms with E-state index in [4.69, 9.17) is 5.90 Å². The smallest absolute Gasteiger partial charge is 0.146 e. The third-order valence-electron chi connectivity index (χ3n) is 0.879. The average molecular weight is 157 g/mol. The molecular formula is C6H7NOTi. The van der Waals surface area contributed by atoms with Gasteiger partial charge in [-0.15, -0.1) is 0 Å². The summed E-state index contributed by atoms with van der Waals surface area (Å²) in [6, 6.07) is 9.22. The maximum atomic E-state index is 4.85. The van der Waals surface area contributed by atoms with E-state index >= 15 is 0 Å². The number of hydrogen-bond acceptors (Lipinski definition) is 2. The Kier molecular flexibility index (Phi) is 4.41. The molecule has 2 nitrogen and oxygen atoms in total. The summed E-state index contributed by atoms with van der Waals surface area (Å²) < 4.78 is 0. The van der Waals surface area contributed by atoms with Gasteiger partial charge in [-0.1, -0.05) is 18.2 Å². The van der Waals surface area contributed by atoms with Crippen LogP contribution < -0.4 is 10.7 Å². The molecule has 0 unspecified atom stereocenters. The van der Waals surface area contributed by atoms with Crippen molar-refractivity contribution >= 4 is 0 Å². The predicted molar refractivity (Wildman–Crippen MR) is 31.3 cm³/mol. The van der Waals surface area contributed by atoms with Gasteiger partial charge >= 0.3 is 0 Å². The first-order valence-corrected chi connectivity index (χ1v) is 2.35. The molecule has 0 aliphatic heterocycles. The van der Waals surface area contributed by atoms with Crippen LogP contribution in [0.2, 0.25) is 0 Å². The number of nitrogens with two attached hydrogens (primary N) is 1. The molecule has 3 heteroatoms. The molecule has 46 valence electrons. The molecule has 2 N–H and O–H groups in total. The minimum Gasteiger partial charge on any atom is -0.412 e. The molecule has 0 heterocycles. The molecule has 0 amide bonds. The maximum Gasteiger partial charge on any atom is 0.146 e. The molecule has 0 radical (unpaired) electrons. The van der Waals surface area contributed by atoms with E-state index in [1.165, 1.54) is 0 Å². The summed E-state index contributed by atoms with van der Waals surface area (Å²) in [5.41, 5.74) is 0. The Hall–Kier alpha value is -0.306. The van der Waals surface area contributed by atoms with E-state index in [2.05, 4.69) is 4.84 Å². The predicted octanol–water partition coefficient (Wildman–Crippen LogP) is 0.937. The van der Waals surface area contributed by atoms with Crippen molar-refractivity contribution in [3.63, 3.8) is 0 Å². The summed E-state index contributed by atoms with van der Waals surface area (Å²) in [6.07, 6.45) is 0. The summed E-state index contributed by atoms with van der Waals surface area (Å²) in [4.78, 5) is 4.41. The maximum absolute atomic E-state index is 4.85. The van der Waals surface area contributed by atoms with Crippen LogP contribution in [0.25, 0.3) is 0 Å². The number of rotatable bonds is 1. The van der Waals surface area contributed by atoms with Gasteiger partial charge in [0.25, 0.3) is 0 Å². The monoisotopic (exact) mass is 157 g/mol. The third kappa shape index (κ3) is 2.65. The topological polar surface area (TPSA) is 35.2 Å². The van der Waals surface area contributed by atoms with Crippen LogP contribution in [0.15, 0.2) is 30.3 Å². The summed E-state index contributed by atoms with van der Waals surface area (Å²) in [6.45, 7) is 0. The van der Waals surface area contributed by atoms with E-state index in [0.29, 0.717) is 5.75 Å².